The molecule has 10 nitrogen and oxygen atoms in total. The first-order chi connectivity index (χ1) is 25.2. The Bertz CT molecular complexity index is 1240. The van der Waals surface area contributed by atoms with Gasteiger partial charge in [-0.1, -0.05) is 40.0 Å². The number of rotatable bonds is 13. The summed E-state index contributed by atoms with van der Waals surface area (Å²) in [6.45, 7) is 9.63. The quantitative estimate of drug-likeness (QED) is 0.188. The van der Waals surface area contributed by atoms with Crippen LogP contribution in [0.1, 0.15) is 111 Å². The first-order valence-electron chi connectivity index (χ1n) is 21.4. The number of hydroxylamine groups is 2. The van der Waals surface area contributed by atoms with E-state index in [1.807, 2.05) is 7.11 Å². The maximum absolute atomic E-state index is 14.3. The van der Waals surface area contributed by atoms with Gasteiger partial charge in [-0.2, -0.15) is 5.06 Å². The van der Waals surface area contributed by atoms with Crippen molar-refractivity contribution in [1.29, 1.82) is 0 Å². The van der Waals surface area contributed by atoms with E-state index in [1.165, 1.54) is 19.3 Å². The number of methoxy groups -OCH3 is 1. The SMILES string of the molecule is COC1C(CN2O[C@@H](CO)[C@@H]([C@H](C)O)[C@H]2C(=O)N[C@H]2C[C@H]3C[C@@H]([C@@H]2C)C3(C)C)CCCC1C1CC(C(=O)NCCC2CCCCC2Cl)CC(N(C)C)C1. The fourth-order valence-corrected chi connectivity index (χ4v) is 12.8. The smallest absolute Gasteiger partial charge is 0.240 e. The van der Waals surface area contributed by atoms with Gasteiger partial charge in [0.25, 0.3) is 0 Å². The third-order valence-corrected chi connectivity index (χ3v) is 16.4. The summed E-state index contributed by atoms with van der Waals surface area (Å²) in [6, 6.07) is -0.286. The van der Waals surface area contributed by atoms with Crippen molar-refractivity contribution in [3.05, 3.63) is 0 Å². The minimum atomic E-state index is -0.825. The molecule has 2 amide bonds. The Balaban J connectivity index is 1.13. The number of aliphatic hydroxyl groups excluding tert-OH is 2. The van der Waals surface area contributed by atoms with E-state index in [9.17, 15) is 19.8 Å². The number of hydrogen-bond acceptors (Lipinski definition) is 8. The van der Waals surface area contributed by atoms with Crippen molar-refractivity contribution in [3.8, 4) is 0 Å². The average molecular weight is 766 g/mol. The highest BCUT2D eigenvalue weighted by Crippen LogP contribution is 2.61. The number of ether oxygens (including phenoxy) is 1. The third-order valence-electron chi connectivity index (χ3n) is 15.8. The van der Waals surface area contributed by atoms with Gasteiger partial charge in [0.05, 0.1) is 18.8 Å². The predicted molar refractivity (Wildman–Crippen MR) is 208 cm³/mol. The van der Waals surface area contributed by atoms with Crippen LogP contribution in [0.25, 0.3) is 0 Å². The molecule has 7 rings (SSSR count). The molecule has 0 aromatic rings. The summed E-state index contributed by atoms with van der Waals surface area (Å²) in [6.07, 6.45) is 12.1. The molecule has 304 valence electrons. The molecule has 7 aliphatic rings. The summed E-state index contributed by atoms with van der Waals surface area (Å²) in [4.78, 5) is 36.7. The normalized spacial score (nSPS) is 43.6. The minimum Gasteiger partial charge on any atom is -0.394 e. The summed E-state index contributed by atoms with van der Waals surface area (Å²) in [7, 11) is 6.07. The lowest BCUT2D eigenvalue weighted by atomic mass is 9.45. The Morgan fingerprint density at radius 1 is 1.02 bits per heavy atom. The van der Waals surface area contributed by atoms with Crippen LogP contribution in [0.4, 0.5) is 0 Å². The Morgan fingerprint density at radius 3 is 2.40 bits per heavy atom. The second-order valence-electron chi connectivity index (χ2n) is 19.2. The molecule has 1 saturated heterocycles. The number of carbonyl (C=O) groups excluding carboxylic acids is 2. The van der Waals surface area contributed by atoms with Gasteiger partial charge in [-0.05, 0) is 126 Å². The molecule has 6 saturated carbocycles. The molecule has 0 radical (unpaired) electrons. The van der Waals surface area contributed by atoms with Crippen LogP contribution in [-0.2, 0) is 19.2 Å². The number of carbonyl (C=O) groups is 2. The number of aliphatic hydroxyl groups is 2. The van der Waals surface area contributed by atoms with E-state index in [0.717, 1.165) is 64.2 Å². The van der Waals surface area contributed by atoms with Gasteiger partial charge in [-0.15, -0.1) is 11.6 Å². The molecule has 0 aromatic carbocycles. The lowest BCUT2D eigenvalue weighted by Crippen LogP contribution is -2.62. The maximum Gasteiger partial charge on any atom is 0.240 e. The van der Waals surface area contributed by atoms with Gasteiger partial charge < -0.3 is 30.5 Å². The third kappa shape index (κ3) is 8.79. The summed E-state index contributed by atoms with van der Waals surface area (Å²) >= 11 is 6.63. The Kier molecular flexibility index (Phi) is 13.9. The zero-order chi connectivity index (χ0) is 38.2. The van der Waals surface area contributed by atoms with Crippen LogP contribution in [0, 0.1) is 58.7 Å². The summed E-state index contributed by atoms with van der Waals surface area (Å²) in [5.74, 6) is 2.29. The molecular weight excluding hydrogens is 692 g/mol. The summed E-state index contributed by atoms with van der Waals surface area (Å²) in [5.41, 5.74) is 0.317. The number of hydrogen-bond donors (Lipinski definition) is 4. The molecule has 16 atom stereocenters. The van der Waals surface area contributed by atoms with Crippen molar-refractivity contribution in [1.82, 2.24) is 20.6 Å². The summed E-state index contributed by atoms with van der Waals surface area (Å²) < 4.78 is 6.40. The van der Waals surface area contributed by atoms with Gasteiger partial charge in [0.15, 0.2) is 0 Å². The molecule has 6 aliphatic carbocycles. The van der Waals surface area contributed by atoms with Crippen LogP contribution < -0.4 is 10.6 Å². The molecule has 0 aromatic heterocycles. The van der Waals surface area contributed by atoms with E-state index in [1.54, 1.807) is 12.0 Å². The van der Waals surface area contributed by atoms with Gasteiger partial charge >= 0.3 is 0 Å². The van der Waals surface area contributed by atoms with Crippen molar-refractivity contribution in [3.63, 3.8) is 0 Å². The van der Waals surface area contributed by atoms with Crippen LogP contribution in [0.2, 0.25) is 0 Å². The highest BCUT2D eigenvalue weighted by atomic mass is 35.5. The van der Waals surface area contributed by atoms with Gasteiger partial charge in [0.1, 0.15) is 12.1 Å². The molecule has 4 N–H and O–H groups in total. The lowest BCUT2D eigenvalue weighted by molar-refractivity contribution is -0.193. The van der Waals surface area contributed by atoms with Crippen LogP contribution in [-0.4, -0.2) is 115 Å². The maximum atomic E-state index is 14.3. The first-order valence-corrected chi connectivity index (χ1v) is 21.8. The van der Waals surface area contributed by atoms with Crippen molar-refractivity contribution in [2.24, 2.45) is 58.7 Å². The molecule has 2 bridgehead atoms. The summed E-state index contributed by atoms with van der Waals surface area (Å²) in [5, 5.41) is 30.1. The molecule has 8 unspecified atom stereocenters. The molecule has 0 spiro atoms. The van der Waals surface area contributed by atoms with Crippen molar-refractivity contribution in [2.75, 3.05) is 40.9 Å². The largest absolute Gasteiger partial charge is 0.394 e. The minimum absolute atomic E-state index is 0.0388. The van der Waals surface area contributed by atoms with E-state index < -0.39 is 24.2 Å². The standard InChI is InChI=1S/C42H73ClN4O6/c1-24-33-20-30(42(33,3)4)21-35(24)45-41(51)38-37(25(2)49)36(23-48)53-47(38)22-27-12-10-13-32(39(27)52-7)28-17-29(19-31(18-28)46(5)6)40(50)44-16-15-26-11-8-9-14-34(26)43/h24-39,48-49H,8-23H2,1-7H3,(H,44,50)(H,45,51)/t24-,25-,26?,27?,28?,29?,30+,31?,32?,33-,34?,35-,36-,37+,38-,39?/m0/s1. The van der Waals surface area contributed by atoms with Crippen LogP contribution in [0.3, 0.4) is 0 Å². The average Bonchev–Trinajstić information content (AvgIpc) is 3.51. The molecule has 7 fully saturated rings. The molecular formula is C42H73ClN4O6. The molecule has 1 aliphatic heterocycles. The van der Waals surface area contributed by atoms with E-state index in [4.69, 9.17) is 21.2 Å². The first kappa shape index (κ1) is 41.6. The Morgan fingerprint density at radius 2 is 1.75 bits per heavy atom. The second-order valence-corrected chi connectivity index (χ2v) is 19.8. The lowest BCUT2D eigenvalue weighted by Gasteiger charge is -2.62. The van der Waals surface area contributed by atoms with E-state index in [-0.39, 0.29) is 53.7 Å². The fraction of sp³-hybridized carbons (Fsp3) is 0.952. The second kappa shape index (κ2) is 17.6. The number of halogens is 1. The Labute approximate surface area is 325 Å². The number of alkyl halides is 1. The number of nitrogens with one attached hydrogen (secondary N) is 2. The predicted octanol–water partition coefficient (Wildman–Crippen LogP) is 5.23. The van der Waals surface area contributed by atoms with Crippen LogP contribution in [0.15, 0.2) is 0 Å². The van der Waals surface area contributed by atoms with Gasteiger partial charge in [-0.3, -0.25) is 14.4 Å². The fourth-order valence-electron chi connectivity index (χ4n) is 12.4. The number of nitrogens with zero attached hydrogens (tertiary/aromatic N) is 2. The van der Waals surface area contributed by atoms with Crippen molar-refractivity contribution < 1.29 is 29.4 Å². The van der Waals surface area contributed by atoms with Gasteiger partial charge in [0.2, 0.25) is 11.8 Å². The number of fused-ring (bicyclic) bond motifs is 2. The van der Waals surface area contributed by atoms with Crippen molar-refractivity contribution >= 4 is 23.4 Å². The zero-order valence-corrected chi connectivity index (χ0v) is 34.6. The topological polar surface area (TPSA) is 124 Å². The molecule has 11 heteroatoms. The van der Waals surface area contributed by atoms with Crippen LogP contribution >= 0.6 is 11.6 Å². The highest BCUT2D eigenvalue weighted by Gasteiger charge is 2.58. The Hall–Kier alpha value is -1.01. The number of amides is 2. The monoisotopic (exact) mass is 765 g/mol. The van der Waals surface area contributed by atoms with Gasteiger partial charge in [-0.25, -0.2) is 0 Å². The van der Waals surface area contributed by atoms with E-state index in [0.29, 0.717) is 54.1 Å². The van der Waals surface area contributed by atoms with E-state index >= 15 is 0 Å². The van der Waals surface area contributed by atoms with E-state index in [2.05, 4.69) is 50.4 Å². The van der Waals surface area contributed by atoms with Crippen LogP contribution in [0.5, 0.6) is 0 Å². The molecule has 1 heterocycles. The zero-order valence-electron chi connectivity index (χ0n) is 33.9. The molecule has 53 heavy (non-hydrogen) atoms. The highest BCUT2D eigenvalue weighted by molar-refractivity contribution is 6.20. The van der Waals surface area contributed by atoms with Gasteiger partial charge in [0, 0.05) is 55.4 Å². The van der Waals surface area contributed by atoms with Crippen molar-refractivity contribution in [2.45, 2.75) is 153 Å².